The second kappa shape index (κ2) is 10.6. The van der Waals surface area contributed by atoms with Crippen LogP contribution in [0.3, 0.4) is 0 Å². The number of nitrogens with one attached hydrogen (secondary N) is 2. The van der Waals surface area contributed by atoms with Crippen LogP contribution in [0, 0.1) is 0 Å². The number of hydrogen-bond donors (Lipinski definition) is 2. The van der Waals surface area contributed by atoms with Crippen molar-refractivity contribution in [2.24, 2.45) is 0 Å². The molecule has 0 radical (unpaired) electrons. The Morgan fingerprint density at radius 2 is 1.73 bits per heavy atom. The molecule has 1 unspecified atom stereocenters. The molecule has 0 aromatic heterocycles. The monoisotopic (exact) mass is 473 g/mol. The maximum atomic E-state index is 12.9. The molecule has 33 heavy (non-hydrogen) atoms. The van der Waals surface area contributed by atoms with Gasteiger partial charge in [0.1, 0.15) is 12.1 Å². The molecule has 1 atom stereocenters. The molecule has 0 saturated carbocycles. The van der Waals surface area contributed by atoms with Gasteiger partial charge in [0.25, 0.3) is 5.91 Å². The van der Waals surface area contributed by atoms with Gasteiger partial charge in [0.05, 0.1) is 13.2 Å². The van der Waals surface area contributed by atoms with E-state index in [1.165, 1.54) is 0 Å². The Bertz CT molecular complexity index is 1030. The van der Waals surface area contributed by atoms with Crippen molar-refractivity contribution in [2.75, 3.05) is 26.3 Å². The third-order valence-electron chi connectivity index (χ3n) is 5.34. The Morgan fingerprint density at radius 1 is 1.06 bits per heavy atom. The summed E-state index contributed by atoms with van der Waals surface area (Å²) >= 11 is 5.92. The highest BCUT2D eigenvalue weighted by atomic mass is 35.5. The zero-order chi connectivity index (χ0) is 24.0. The maximum absolute atomic E-state index is 12.9. The van der Waals surface area contributed by atoms with Gasteiger partial charge in [-0.05, 0) is 62.6 Å². The summed E-state index contributed by atoms with van der Waals surface area (Å²) in [6.07, 6.45) is 0.556. The summed E-state index contributed by atoms with van der Waals surface area (Å²) in [5.41, 5.74) is 0.307. The third-order valence-corrected chi connectivity index (χ3v) is 5.59. The van der Waals surface area contributed by atoms with Crippen molar-refractivity contribution in [3.63, 3.8) is 0 Å². The molecular weight excluding hydrogens is 446 g/mol. The number of carbonyl (C=O) groups is 3. The quantitative estimate of drug-likeness (QED) is 0.516. The van der Waals surface area contributed by atoms with Crippen LogP contribution in [0.5, 0.6) is 11.5 Å². The Labute approximate surface area is 198 Å². The van der Waals surface area contributed by atoms with Crippen LogP contribution in [0.25, 0.3) is 0 Å². The molecule has 4 amide bonds. The molecule has 1 aliphatic heterocycles. The van der Waals surface area contributed by atoms with Crippen LogP contribution < -0.4 is 20.1 Å². The molecule has 2 N–H and O–H groups in total. The van der Waals surface area contributed by atoms with Gasteiger partial charge in [-0.3, -0.25) is 14.5 Å². The highest BCUT2D eigenvalue weighted by molar-refractivity contribution is 6.30. The van der Waals surface area contributed by atoms with Crippen LogP contribution in [0.4, 0.5) is 4.79 Å². The number of carbonyl (C=O) groups excluding carboxylic acids is 3. The number of amides is 4. The molecule has 0 bridgehead atoms. The van der Waals surface area contributed by atoms with E-state index in [-0.39, 0.29) is 6.54 Å². The minimum atomic E-state index is -1.25. The van der Waals surface area contributed by atoms with E-state index in [1.54, 1.807) is 31.2 Å². The lowest BCUT2D eigenvalue weighted by Gasteiger charge is -2.22. The van der Waals surface area contributed by atoms with Gasteiger partial charge in [0, 0.05) is 11.6 Å². The van der Waals surface area contributed by atoms with Crippen molar-refractivity contribution in [3.05, 3.63) is 58.6 Å². The van der Waals surface area contributed by atoms with Crippen LogP contribution in [0.15, 0.2) is 42.5 Å². The van der Waals surface area contributed by atoms with E-state index in [2.05, 4.69) is 10.6 Å². The van der Waals surface area contributed by atoms with Gasteiger partial charge in [-0.1, -0.05) is 29.8 Å². The molecule has 2 aromatic rings. The summed E-state index contributed by atoms with van der Waals surface area (Å²) in [6.45, 7) is 6.45. The van der Waals surface area contributed by atoms with Crippen LogP contribution >= 0.6 is 11.6 Å². The van der Waals surface area contributed by atoms with Crippen molar-refractivity contribution in [1.82, 2.24) is 15.5 Å². The normalized spacial score (nSPS) is 17.6. The lowest BCUT2D eigenvalue weighted by molar-refractivity contribution is -0.134. The number of nitrogens with zero attached hydrogens (tertiary/aromatic N) is 1. The SMILES string of the molecule is CCOc1ccc(CCNC(=O)CN2C(=O)NC(C)(c3ccc(Cl)cc3)C2=O)cc1OCC. The Hall–Kier alpha value is -3.26. The number of halogens is 1. The van der Waals surface area contributed by atoms with Crippen molar-refractivity contribution in [2.45, 2.75) is 32.7 Å². The van der Waals surface area contributed by atoms with Crippen molar-refractivity contribution in [3.8, 4) is 11.5 Å². The number of urea groups is 1. The van der Waals surface area contributed by atoms with Gasteiger partial charge in [-0.25, -0.2) is 4.79 Å². The van der Waals surface area contributed by atoms with E-state index in [4.69, 9.17) is 21.1 Å². The predicted molar refractivity (Wildman–Crippen MR) is 125 cm³/mol. The third kappa shape index (κ3) is 5.57. The number of imide groups is 1. The molecule has 8 nitrogen and oxygen atoms in total. The fourth-order valence-electron chi connectivity index (χ4n) is 3.62. The summed E-state index contributed by atoms with van der Waals surface area (Å²) in [7, 11) is 0. The van der Waals surface area contributed by atoms with E-state index in [0.717, 1.165) is 10.5 Å². The lowest BCUT2D eigenvalue weighted by Crippen LogP contribution is -2.43. The first-order valence-electron chi connectivity index (χ1n) is 10.8. The molecule has 1 heterocycles. The maximum Gasteiger partial charge on any atom is 0.325 e. The average Bonchev–Trinajstić information content (AvgIpc) is 3.00. The summed E-state index contributed by atoms with van der Waals surface area (Å²) < 4.78 is 11.2. The molecule has 0 aliphatic carbocycles. The largest absolute Gasteiger partial charge is 0.490 e. The molecule has 1 fully saturated rings. The van der Waals surface area contributed by atoms with E-state index in [0.29, 0.717) is 48.3 Å². The Morgan fingerprint density at radius 3 is 2.39 bits per heavy atom. The molecule has 1 aliphatic rings. The molecule has 3 rings (SSSR count). The Balaban J connectivity index is 1.57. The first-order chi connectivity index (χ1) is 15.8. The summed E-state index contributed by atoms with van der Waals surface area (Å²) in [6, 6.07) is 11.7. The fraction of sp³-hybridized carbons (Fsp3) is 0.375. The first kappa shape index (κ1) is 24.4. The van der Waals surface area contributed by atoms with E-state index in [9.17, 15) is 14.4 Å². The van der Waals surface area contributed by atoms with E-state index >= 15 is 0 Å². The van der Waals surface area contributed by atoms with Crippen LogP contribution in [0.1, 0.15) is 31.9 Å². The molecule has 1 saturated heterocycles. The van der Waals surface area contributed by atoms with E-state index < -0.39 is 23.4 Å². The van der Waals surface area contributed by atoms with Crippen molar-refractivity contribution < 1.29 is 23.9 Å². The summed E-state index contributed by atoms with van der Waals surface area (Å²) in [4.78, 5) is 38.7. The van der Waals surface area contributed by atoms with Crippen LogP contribution in [-0.4, -0.2) is 49.0 Å². The second-order valence-electron chi connectivity index (χ2n) is 7.70. The second-order valence-corrected chi connectivity index (χ2v) is 8.14. The molecule has 2 aromatic carbocycles. The summed E-state index contributed by atoms with van der Waals surface area (Å²) in [5, 5.41) is 5.96. The summed E-state index contributed by atoms with van der Waals surface area (Å²) in [5.74, 6) is 0.422. The topological polar surface area (TPSA) is 97.0 Å². The minimum Gasteiger partial charge on any atom is -0.490 e. The lowest BCUT2D eigenvalue weighted by atomic mass is 9.92. The smallest absolute Gasteiger partial charge is 0.325 e. The zero-order valence-electron chi connectivity index (χ0n) is 18.9. The van der Waals surface area contributed by atoms with Gasteiger partial charge < -0.3 is 20.1 Å². The van der Waals surface area contributed by atoms with Crippen LogP contribution in [0.2, 0.25) is 5.02 Å². The predicted octanol–water partition coefficient (Wildman–Crippen LogP) is 3.26. The van der Waals surface area contributed by atoms with Crippen LogP contribution in [-0.2, 0) is 21.5 Å². The van der Waals surface area contributed by atoms with Crippen molar-refractivity contribution >= 4 is 29.4 Å². The van der Waals surface area contributed by atoms with Crippen molar-refractivity contribution in [1.29, 1.82) is 0 Å². The van der Waals surface area contributed by atoms with Gasteiger partial charge in [0.2, 0.25) is 5.91 Å². The average molecular weight is 474 g/mol. The first-order valence-corrected chi connectivity index (χ1v) is 11.2. The molecular formula is C24H28ClN3O5. The standard InChI is InChI=1S/C24H28ClN3O5/c1-4-32-19-11-6-16(14-20(19)33-5-2)12-13-26-21(29)15-28-22(30)24(3,27-23(28)31)17-7-9-18(25)10-8-17/h6-11,14H,4-5,12-13,15H2,1-3H3,(H,26,29)(H,27,31). The number of ether oxygens (including phenoxy) is 2. The highest BCUT2D eigenvalue weighted by Crippen LogP contribution is 2.30. The van der Waals surface area contributed by atoms with Gasteiger partial charge in [-0.15, -0.1) is 0 Å². The van der Waals surface area contributed by atoms with Gasteiger partial charge in [-0.2, -0.15) is 0 Å². The van der Waals surface area contributed by atoms with Gasteiger partial charge >= 0.3 is 6.03 Å². The molecule has 9 heteroatoms. The zero-order valence-corrected chi connectivity index (χ0v) is 19.7. The number of benzene rings is 2. The number of hydrogen-bond acceptors (Lipinski definition) is 5. The molecule has 0 spiro atoms. The number of rotatable bonds is 10. The highest BCUT2D eigenvalue weighted by Gasteiger charge is 2.49. The Kier molecular flexibility index (Phi) is 7.81. The fourth-order valence-corrected chi connectivity index (χ4v) is 3.74. The van der Waals surface area contributed by atoms with Gasteiger partial charge in [0.15, 0.2) is 11.5 Å². The minimum absolute atomic E-state index is 0.344. The molecule has 176 valence electrons. The van der Waals surface area contributed by atoms with E-state index in [1.807, 2.05) is 32.0 Å².